The van der Waals surface area contributed by atoms with E-state index >= 15 is 0 Å². The molecule has 3 aromatic carbocycles. The summed E-state index contributed by atoms with van der Waals surface area (Å²) in [5.74, 6) is -3.61. The molecule has 0 saturated carbocycles. The molecule has 38 heavy (non-hydrogen) atoms. The summed E-state index contributed by atoms with van der Waals surface area (Å²) < 4.78 is 5.27. The molecule has 7 heteroatoms. The molecule has 0 aromatic heterocycles. The third-order valence-corrected chi connectivity index (χ3v) is 8.23. The summed E-state index contributed by atoms with van der Waals surface area (Å²) in [6.07, 6.45) is 0.741. The van der Waals surface area contributed by atoms with E-state index in [4.69, 9.17) is 4.74 Å². The number of carbonyl (C=O) groups is 4. The molecule has 7 rings (SSSR count). The van der Waals surface area contributed by atoms with E-state index in [2.05, 4.69) is 5.32 Å². The van der Waals surface area contributed by atoms with Crippen molar-refractivity contribution >= 4 is 29.4 Å². The number of rotatable bonds is 6. The van der Waals surface area contributed by atoms with Crippen LogP contribution in [0.3, 0.4) is 0 Å². The van der Waals surface area contributed by atoms with Crippen molar-refractivity contribution in [3.63, 3.8) is 0 Å². The van der Waals surface area contributed by atoms with Gasteiger partial charge in [-0.2, -0.15) is 0 Å². The van der Waals surface area contributed by atoms with Gasteiger partial charge in [0, 0.05) is 17.5 Å². The average molecular weight is 509 g/mol. The summed E-state index contributed by atoms with van der Waals surface area (Å²) >= 11 is 0. The third kappa shape index (κ3) is 3.56. The topological polar surface area (TPSA) is 92.8 Å². The highest BCUT2D eigenvalue weighted by molar-refractivity contribution is 6.10. The molecule has 0 radical (unpaired) electrons. The number of nitrogens with one attached hydrogen (secondary N) is 1. The Morgan fingerprint density at radius 3 is 1.79 bits per heavy atom. The van der Waals surface area contributed by atoms with Gasteiger partial charge in [0.15, 0.2) is 6.61 Å². The Morgan fingerprint density at radius 1 is 0.816 bits per heavy atom. The second-order valence-corrected chi connectivity index (χ2v) is 10.2. The molecule has 3 aliphatic carbocycles. The fraction of sp³-hybridized carbons (Fsp3) is 0.290. The molecule has 0 spiro atoms. The molecule has 1 N–H and O–H groups in total. The van der Waals surface area contributed by atoms with Gasteiger partial charge in [-0.05, 0) is 47.2 Å². The number of likely N-dealkylation sites (tertiary alicyclic amines) is 1. The number of benzene rings is 3. The van der Waals surface area contributed by atoms with E-state index in [-0.39, 0.29) is 23.7 Å². The smallest absolute Gasteiger partial charge is 0.329 e. The fourth-order valence-corrected chi connectivity index (χ4v) is 6.58. The molecule has 7 nitrogen and oxygen atoms in total. The second kappa shape index (κ2) is 9.24. The van der Waals surface area contributed by atoms with Gasteiger partial charge in [0.25, 0.3) is 5.91 Å². The van der Waals surface area contributed by atoms with Gasteiger partial charge in [-0.3, -0.25) is 19.3 Å². The molecular weight excluding hydrogens is 480 g/mol. The Kier molecular flexibility index (Phi) is 5.86. The molecule has 2 bridgehead atoms. The van der Waals surface area contributed by atoms with Gasteiger partial charge in [-0.15, -0.1) is 0 Å². The van der Waals surface area contributed by atoms with Crippen molar-refractivity contribution in [2.75, 3.05) is 11.9 Å². The summed E-state index contributed by atoms with van der Waals surface area (Å²) in [7, 11) is 0. The van der Waals surface area contributed by atoms with Gasteiger partial charge in [0.1, 0.15) is 6.04 Å². The van der Waals surface area contributed by atoms with E-state index in [9.17, 15) is 19.2 Å². The predicted molar refractivity (Wildman–Crippen MR) is 140 cm³/mol. The van der Waals surface area contributed by atoms with E-state index in [0.717, 1.165) is 39.1 Å². The largest absolute Gasteiger partial charge is 0.454 e. The van der Waals surface area contributed by atoms with Crippen LogP contribution in [-0.2, 0) is 30.3 Å². The van der Waals surface area contributed by atoms with Crippen molar-refractivity contribution in [2.45, 2.75) is 38.1 Å². The second-order valence-electron chi connectivity index (χ2n) is 10.2. The number of para-hydroxylation sites is 1. The molecule has 1 saturated heterocycles. The third-order valence-electron chi connectivity index (χ3n) is 8.23. The highest BCUT2D eigenvalue weighted by Gasteiger charge is 2.62. The minimum absolute atomic E-state index is 0.244. The van der Waals surface area contributed by atoms with Gasteiger partial charge < -0.3 is 10.1 Å². The maximum atomic E-state index is 13.8. The summed E-state index contributed by atoms with van der Waals surface area (Å²) in [6.45, 7) is 2.96. The van der Waals surface area contributed by atoms with E-state index in [1.807, 2.05) is 73.7 Å². The lowest BCUT2D eigenvalue weighted by atomic mass is 9.55. The normalized spacial score (nSPS) is 23.4. The zero-order chi connectivity index (χ0) is 26.6. The van der Waals surface area contributed by atoms with E-state index in [1.54, 1.807) is 6.07 Å². The maximum Gasteiger partial charge on any atom is 0.329 e. The summed E-state index contributed by atoms with van der Waals surface area (Å²) in [4.78, 5) is 54.1. The van der Waals surface area contributed by atoms with Crippen LogP contribution in [0.5, 0.6) is 0 Å². The molecule has 3 amide bonds. The number of hydrogen-bond acceptors (Lipinski definition) is 5. The molecule has 0 unspecified atom stereocenters. The van der Waals surface area contributed by atoms with Gasteiger partial charge in [-0.1, -0.05) is 73.7 Å². The van der Waals surface area contributed by atoms with Crippen LogP contribution in [-0.4, -0.2) is 41.2 Å². The average Bonchev–Trinajstić information content (AvgIpc) is 3.21. The summed E-state index contributed by atoms with van der Waals surface area (Å²) in [6, 6.07) is 22.2. The standard InChI is InChI=1S/C31H28N2O5/c1-3-18-10-4-9-15-23(18)32-24(34)16-38-31(37)17(2)33-29(35)27-25-19-11-5-6-12-20(19)26(28(27)30(33)36)22-14-8-7-13-21(22)25/h4-15,17,25-28H,3,16H2,1-2H3,(H,32,34)/t17-,25?,26?,27-,28+/m1/s1. The first kappa shape index (κ1) is 24.1. The molecule has 192 valence electrons. The van der Waals surface area contributed by atoms with Gasteiger partial charge >= 0.3 is 5.97 Å². The number of ether oxygens (including phenoxy) is 1. The van der Waals surface area contributed by atoms with Crippen molar-refractivity contribution < 1.29 is 23.9 Å². The minimum atomic E-state index is -1.14. The molecule has 3 atom stereocenters. The van der Waals surface area contributed by atoms with Crippen molar-refractivity contribution in [2.24, 2.45) is 11.8 Å². The van der Waals surface area contributed by atoms with Crippen LogP contribution in [0.15, 0.2) is 72.8 Å². The maximum absolute atomic E-state index is 13.8. The van der Waals surface area contributed by atoms with Crippen molar-refractivity contribution in [3.05, 3.63) is 101 Å². The number of anilines is 1. The number of carbonyl (C=O) groups excluding carboxylic acids is 4. The van der Waals surface area contributed by atoms with Crippen LogP contribution < -0.4 is 5.32 Å². The zero-order valence-electron chi connectivity index (χ0n) is 21.2. The number of imide groups is 1. The van der Waals surface area contributed by atoms with Crippen LogP contribution >= 0.6 is 0 Å². The number of nitrogens with zero attached hydrogens (tertiary/aromatic N) is 1. The predicted octanol–water partition coefficient (Wildman–Crippen LogP) is 4.01. The van der Waals surface area contributed by atoms with E-state index < -0.39 is 36.4 Å². The first-order valence-electron chi connectivity index (χ1n) is 13.0. The monoisotopic (exact) mass is 508 g/mol. The lowest BCUT2D eigenvalue weighted by molar-refractivity contribution is -0.159. The number of aryl methyl sites for hydroxylation is 1. The number of esters is 1. The lowest BCUT2D eigenvalue weighted by Crippen LogP contribution is -2.45. The summed E-state index contributed by atoms with van der Waals surface area (Å²) in [5, 5.41) is 2.76. The molecule has 1 fully saturated rings. The lowest BCUT2D eigenvalue weighted by Gasteiger charge is -2.45. The van der Waals surface area contributed by atoms with Crippen LogP contribution in [0.1, 0.15) is 53.5 Å². The number of amides is 3. The Morgan fingerprint density at radius 2 is 1.29 bits per heavy atom. The van der Waals surface area contributed by atoms with Gasteiger partial charge in [0.05, 0.1) is 11.8 Å². The summed E-state index contributed by atoms with van der Waals surface area (Å²) in [5.41, 5.74) is 5.90. The molecule has 1 aliphatic heterocycles. The molecule has 4 aliphatic rings. The Balaban J connectivity index is 1.21. The number of hydrogen-bond donors (Lipinski definition) is 1. The van der Waals surface area contributed by atoms with E-state index in [1.165, 1.54) is 6.92 Å². The van der Waals surface area contributed by atoms with Crippen LogP contribution in [0.25, 0.3) is 0 Å². The minimum Gasteiger partial charge on any atom is -0.454 e. The van der Waals surface area contributed by atoms with E-state index in [0.29, 0.717) is 5.69 Å². The van der Waals surface area contributed by atoms with Crippen molar-refractivity contribution in [1.29, 1.82) is 0 Å². The highest BCUT2D eigenvalue weighted by Crippen LogP contribution is 2.61. The first-order valence-corrected chi connectivity index (χ1v) is 13.0. The fourth-order valence-electron chi connectivity index (χ4n) is 6.58. The Labute approximate surface area is 220 Å². The molecular formula is C31H28N2O5. The van der Waals surface area contributed by atoms with Crippen LogP contribution in [0.4, 0.5) is 5.69 Å². The van der Waals surface area contributed by atoms with Gasteiger partial charge in [-0.25, -0.2) is 4.79 Å². The first-order chi connectivity index (χ1) is 18.4. The Bertz CT molecular complexity index is 1360. The molecule has 3 aromatic rings. The van der Waals surface area contributed by atoms with Crippen LogP contribution in [0.2, 0.25) is 0 Å². The molecule has 1 heterocycles. The Hall–Kier alpha value is -4.26. The van der Waals surface area contributed by atoms with Gasteiger partial charge in [0.2, 0.25) is 11.8 Å². The van der Waals surface area contributed by atoms with Crippen molar-refractivity contribution in [1.82, 2.24) is 4.90 Å². The highest BCUT2D eigenvalue weighted by atomic mass is 16.5. The zero-order valence-corrected chi connectivity index (χ0v) is 21.2. The van der Waals surface area contributed by atoms with Crippen LogP contribution in [0, 0.1) is 11.8 Å². The quantitative estimate of drug-likeness (QED) is 0.401. The SMILES string of the molecule is CCc1ccccc1NC(=O)COC(=O)[C@@H](C)N1C(=O)[C@@H]2C3c4ccccc4C(c4ccccc43)[C@@H]2C1=O. The van der Waals surface area contributed by atoms with Crippen molar-refractivity contribution in [3.8, 4) is 0 Å².